The van der Waals surface area contributed by atoms with Crippen LogP contribution in [0.1, 0.15) is 17.2 Å². The molecule has 0 saturated heterocycles. The van der Waals surface area contributed by atoms with Crippen LogP contribution in [0.5, 0.6) is 0 Å². The van der Waals surface area contributed by atoms with Crippen molar-refractivity contribution < 1.29 is 9.90 Å². The molecule has 7 heteroatoms. The number of carboxylic acid groups (broad SMARTS) is 1. The average Bonchev–Trinajstić information content (AvgIpc) is 2.39. The molecule has 1 aromatic carbocycles. The zero-order valence-corrected chi connectivity index (χ0v) is 13.3. The van der Waals surface area contributed by atoms with Crippen LogP contribution in [0.2, 0.25) is 0 Å². The van der Waals surface area contributed by atoms with Crippen molar-refractivity contribution in [2.45, 2.75) is 12.3 Å². The van der Waals surface area contributed by atoms with E-state index in [1.54, 1.807) is 0 Å². The SMILES string of the molecule is O=C(O)C(Cc1cccc(Br)c1)c1nc[nH]c(=O)c1Br. The van der Waals surface area contributed by atoms with Gasteiger partial charge >= 0.3 is 5.97 Å². The largest absolute Gasteiger partial charge is 0.481 e. The normalized spacial score (nSPS) is 12.1. The molecule has 0 aliphatic heterocycles. The van der Waals surface area contributed by atoms with Crippen LogP contribution in [0.25, 0.3) is 0 Å². The number of hydrogen-bond acceptors (Lipinski definition) is 3. The minimum Gasteiger partial charge on any atom is -0.481 e. The second-order valence-corrected chi connectivity index (χ2v) is 5.86. The summed E-state index contributed by atoms with van der Waals surface area (Å²) in [6, 6.07) is 7.37. The van der Waals surface area contributed by atoms with Crippen molar-refractivity contribution in [2.24, 2.45) is 0 Å². The molecule has 2 N–H and O–H groups in total. The van der Waals surface area contributed by atoms with E-state index in [1.807, 2.05) is 24.3 Å². The highest BCUT2D eigenvalue weighted by Crippen LogP contribution is 2.25. The van der Waals surface area contributed by atoms with E-state index in [9.17, 15) is 14.7 Å². The molecule has 0 radical (unpaired) electrons. The van der Waals surface area contributed by atoms with Crippen molar-refractivity contribution in [3.63, 3.8) is 0 Å². The minimum atomic E-state index is -1.02. The van der Waals surface area contributed by atoms with Crippen LogP contribution in [0.4, 0.5) is 0 Å². The molecule has 0 aliphatic carbocycles. The van der Waals surface area contributed by atoms with Crippen LogP contribution < -0.4 is 5.56 Å². The van der Waals surface area contributed by atoms with E-state index >= 15 is 0 Å². The van der Waals surface area contributed by atoms with Crippen molar-refractivity contribution in [3.05, 3.63) is 61.1 Å². The van der Waals surface area contributed by atoms with Crippen molar-refractivity contribution in [1.82, 2.24) is 9.97 Å². The molecule has 0 amide bonds. The number of hydrogen-bond donors (Lipinski definition) is 2. The standard InChI is InChI=1S/C13H10Br2N2O3/c14-8-3-1-2-7(4-8)5-9(13(19)20)11-10(15)12(18)17-6-16-11/h1-4,6,9H,5H2,(H,19,20)(H,16,17,18). The molecule has 1 heterocycles. The van der Waals surface area contributed by atoms with Gasteiger partial charge in [-0.1, -0.05) is 28.1 Å². The number of H-pyrrole nitrogens is 1. The van der Waals surface area contributed by atoms with E-state index in [4.69, 9.17) is 0 Å². The maximum absolute atomic E-state index is 11.5. The topological polar surface area (TPSA) is 83.0 Å². The lowest BCUT2D eigenvalue weighted by Crippen LogP contribution is -2.20. The van der Waals surface area contributed by atoms with Crippen LogP contribution in [0, 0.1) is 0 Å². The lowest BCUT2D eigenvalue weighted by Gasteiger charge is -2.13. The lowest BCUT2D eigenvalue weighted by atomic mass is 9.96. The van der Waals surface area contributed by atoms with Gasteiger partial charge in [0, 0.05) is 4.47 Å². The molecule has 104 valence electrons. The van der Waals surface area contributed by atoms with Crippen LogP contribution in [-0.4, -0.2) is 21.0 Å². The first kappa shape index (κ1) is 14.9. The molecule has 2 rings (SSSR count). The summed E-state index contributed by atoms with van der Waals surface area (Å²) in [5.74, 6) is -1.91. The van der Waals surface area contributed by atoms with Crippen LogP contribution in [0.3, 0.4) is 0 Å². The second-order valence-electron chi connectivity index (χ2n) is 4.16. The molecule has 0 fully saturated rings. The predicted molar refractivity (Wildman–Crippen MR) is 80.8 cm³/mol. The smallest absolute Gasteiger partial charge is 0.312 e. The van der Waals surface area contributed by atoms with Crippen molar-refractivity contribution in [3.8, 4) is 0 Å². The zero-order chi connectivity index (χ0) is 14.7. The number of aromatic nitrogens is 2. The Morgan fingerprint density at radius 2 is 2.15 bits per heavy atom. The van der Waals surface area contributed by atoms with Gasteiger partial charge in [-0.05, 0) is 40.0 Å². The fourth-order valence-corrected chi connectivity index (χ4v) is 2.78. The molecule has 0 aliphatic rings. The third-order valence-corrected chi connectivity index (χ3v) is 4.04. The lowest BCUT2D eigenvalue weighted by molar-refractivity contribution is -0.138. The molecule has 1 aromatic heterocycles. The molecule has 0 spiro atoms. The molecule has 1 unspecified atom stereocenters. The average molecular weight is 402 g/mol. The Bertz CT molecular complexity index is 700. The van der Waals surface area contributed by atoms with Gasteiger partial charge in [0.25, 0.3) is 5.56 Å². The van der Waals surface area contributed by atoms with Crippen LogP contribution in [-0.2, 0) is 11.2 Å². The monoisotopic (exact) mass is 400 g/mol. The quantitative estimate of drug-likeness (QED) is 0.824. The first-order valence-electron chi connectivity index (χ1n) is 5.69. The second kappa shape index (κ2) is 6.32. The van der Waals surface area contributed by atoms with Crippen molar-refractivity contribution in [2.75, 3.05) is 0 Å². The van der Waals surface area contributed by atoms with E-state index in [1.165, 1.54) is 6.33 Å². The number of halogens is 2. The summed E-state index contributed by atoms with van der Waals surface area (Å²) in [5.41, 5.74) is 0.678. The predicted octanol–water partition coefficient (Wildman–Crippen LogP) is 2.71. The molecule has 0 bridgehead atoms. The summed E-state index contributed by atoms with van der Waals surface area (Å²) in [5, 5.41) is 9.39. The van der Waals surface area contributed by atoms with Gasteiger partial charge in [0.1, 0.15) is 10.4 Å². The Kier molecular flexibility index (Phi) is 4.72. The molecule has 20 heavy (non-hydrogen) atoms. The van der Waals surface area contributed by atoms with Crippen LogP contribution >= 0.6 is 31.9 Å². The molecular weight excluding hydrogens is 392 g/mol. The van der Waals surface area contributed by atoms with Crippen molar-refractivity contribution in [1.29, 1.82) is 0 Å². The summed E-state index contributed by atoms with van der Waals surface area (Å²) < 4.78 is 1.03. The number of aliphatic carboxylic acids is 1. The zero-order valence-electron chi connectivity index (χ0n) is 10.1. The summed E-state index contributed by atoms with van der Waals surface area (Å²) in [4.78, 5) is 29.4. The molecule has 2 aromatic rings. The molecule has 1 atom stereocenters. The number of rotatable bonds is 4. The first-order valence-corrected chi connectivity index (χ1v) is 7.28. The molecular formula is C13H10Br2N2O3. The van der Waals surface area contributed by atoms with Gasteiger partial charge in [-0.3, -0.25) is 9.59 Å². The van der Waals surface area contributed by atoms with Gasteiger partial charge < -0.3 is 10.1 Å². The highest BCUT2D eigenvalue weighted by Gasteiger charge is 2.25. The number of benzene rings is 1. The third-order valence-electron chi connectivity index (χ3n) is 2.78. The highest BCUT2D eigenvalue weighted by molar-refractivity contribution is 9.10. The Morgan fingerprint density at radius 1 is 1.40 bits per heavy atom. The maximum Gasteiger partial charge on any atom is 0.312 e. The summed E-state index contributed by atoms with van der Waals surface area (Å²) in [7, 11) is 0. The Labute approximate surface area is 131 Å². The summed E-state index contributed by atoms with van der Waals surface area (Å²) in [6.45, 7) is 0. The fourth-order valence-electron chi connectivity index (χ4n) is 1.84. The van der Waals surface area contributed by atoms with Gasteiger partial charge in [-0.2, -0.15) is 0 Å². The van der Waals surface area contributed by atoms with E-state index < -0.39 is 17.4 Å². The van der Waals surface area contributed by atoms with E-state index in [0.29, 0.717) is 0 Å². The van der Waals surface area contributed by atoms with Gasteiger partial charge in [-0.25, -0.2) is 4.98 Å². The number of carbonyl (C=O) groups is 1. The van der Waals surface area contributed by atoms with Gasteiger partial charge in [0.05, 0.1) is 12.0 Å². The minimum absolute atomic E-state index is 0.155. The summed E-state index contributed by atoms with van der Waals surface area (Å²) in [6.07, 6.45) is 1.46. The number of aromatic amines is 1. The third kappa shape index (κ3) is 3.34. The number of carboxylic acids is 1. The summed E-state index contributed by atoms with van der Waals surface area (Å²) >= 11 is 6.44. The Hall–Kier alpha value is -1.47. The maximum atomic E-state index is 11.5. The molecule has 0 saturated carbocycles. The van der Waals surface area contributed by atoms with Gasteiger partial charge in [0.15, 0.2) is 0 Å². The van der Waals surface area contributed by atoms with Gasteiger partial charge in [-0.15, -0.1) is 0 Å². The number of nitrogens with one attached hydrogen (secondary N) is 1. The van der Waals surface area contributed by atoms with E-state index in [0.717, 1.165) is 10.0 Å². The highest BCUT2D eigenvalue weighted by atomic mass is 79.9. The van der Waals surface area contributed by atoms with E-state index in [-0.39, 0.29) is 16.6 Å². The molecule has 5 nitrogen and oxygen atoms in total. The van der Waals surface area contributed by atoms with Gasteiger partial charge in [0.2, 0.25) is 0 Å². The fraction of sp³-hybridized carbons (Fsp3) is 0.154. The number of nitrogens with zero attached hydrogens (tertiary/aromatic N) is 1. The Balaban J connectivity index is 2.40. The first-order chi connectivity index (χ1) is 9.49. The Morgan fingerprint density at radius 3 is 2.80 bits per heavy atom. The van der Waals surface area contributed by atoms with E-state index in [2.05, 4.69) is 41.8 Å². The van der Waals surface area contributed by atoms with Crippen molar-refractivity contribution >= 4 is 37.8 Å². The van der Waals surface area contributed by atoms with Crippen LogP contribution in [0.15, 0.2) is 44.3 Å².